The van der Waals surface area contributed by atoms with Crippen LogP contribution in [-0.4, -0.2) is 23.4 Å². The van der Waals surface area contributed by atoms with Gasteiger partial charge in [-0.05, 0) is 31.2 Å². The lowest BCUT2D eigenvalue weighted by Crippen LogP contribution is -2.12. The molecule has 0 aliphatic carbocycles. The van der Waals surface area contributed by atoms with E-state index >= 15 is 0 Å². The number of carboxylic acid groups (broad SMARTS) is 1. The van der Waals surface area contributed by atoms with Crippen LogP contribution in [0.3, 0.4) is 0 Å². The number of aromatic carboxylic acids is 1. The molecule has 0 aliphatic heterocycles. The van der Waals surface area contributed by atoms with Crippen molar-refractivity contribution in [1.29, 1.82) is 0 Å². The summed E-state index contributed by atoms with van der Waals surface area (Å²) < 4.78 is 0. The zero-order chi connectivity index (χ0) is 12.3. The van der Waals surface area contributed by atoms with Gasteiger partial charge in [0.2, 0.25) is 0 Å². The van der Waals surface area contributed by atoms with Gasteiger partial charge in [-0.3, -0.25) is 4.79 Å². The van der Waals surface area contributed by atoms with E-state index in [1.54, 1.807) is 6.92 Å². The monoisotopic (exact) mass is 294 g/mol. The van der Waals surface area contributed by atoms with Gasteiger partial charge in [-0.1, -0.05) is 0 Å². The summed E-state index contributed by atoms with van der Waals surface area (Å²) in [4.78, 5) is 22.4. The fourth-order valence-electron chi connectivity index (χ4n) is 1.46. The number of aryl methyl sites for hydroxylation is 1. The number of benzene rings is 1. The Balaban J connectivity index is 0. The highest BCUT2D eigenvalue weighted by molar-refractivity contribution is 6.03. The van der Waals surface area contributed by atoms with Gasteiger partial charge in [-0.25, -0.2) is 4.79 Å². The molecule has 0 amide bonds. The van der Waals surface area contributed by atoms with E-state index in [-0.39, 0.29) is 54.8 Å². The standard InChI is InChI=1S/C11H14N2O3.2ClH/c1-6-4-8(10(14)2-3-12)9(13)5-7(6)11(15)16;;/h4-5H,2-3,12-13H2,1H3,(H,15,16);2*1H. The Morgan fingerprint density at radius 3 is 2.22 bits per heavy atom. The number of halogens is 2. The number of anilines is 1. The molecule has 0 bridgehead atoms. The first-order valence-corrected chi connectivity index (χ1v) is 4.84. The SMILES string of the molecule is Cc1cc(C(=O)CCN)c(N)cc1C(=O)O.Cl.Cl. The number of hydrogen-bond acceptors (Lipinski definition) is 4. The van der Waals surface area contributed by atoms with E-state index < -0.39 is 5.97 Å². The number of ketones is 1. The number of nitrogen functional groups attached to an aromatic ring is 1. The third kappa shape index (κ3) is 4.18. The Morgan fingerprint density at radius 1 is 1.22 bits per heavy atom. The molecular weight excluding hydrogens is 279 g/mol. The van der Waals surface area contributed by atoms with Gasteiger partial charge in [0.25, 0.3) is 0 Å². The fraction of sp³-hybridized carbons (Fsp3) is 0.273. The highest BCUT2D eigenvalue weighted by Gasteiger charge is 2.14. The van der Waals surface area contributed by atoms with Crippen LogP contribution in [0.25, 0.3) is 0 Å². The van der Waals surface area contributed by atoms with Gasteiger partial charge < -0.3 is 16.6 Å². The van der Waals surface area contributed by atoms with Gasteiger partial charge in [0.05, 0.1) is 5.56 Å². The van der Waals surface area contributed by atoms with E-state index in [1.165, 1.54) is 12.1 Å². The normalized spacial score (nSPS) is 9.00. The molecule has 0 saturated heterocycles. The summed E-state index contributed by atoms with van der Waals surface area (Å²) in [6, 6.07) is 2.80. The predicted molar refractivity (Wildman–Crippen MR) is 75.0 cm³/mol. The molecular formula is C11H16Cl2N2O3. The van der Waals surface area contributed by atoms with Gasteiger partial charge in [0.1, 0.15) is 0 Å². The molecule has 1 aromatic rings. The molecule has 0 heterocycles. The van der Waals surface area contributed by atoms with E-state index in [9.17, 15) is 9.59 Å². The quantitative estimate of drug-likeness (QED) is 0.578. The van der Waals surface area contributed by atoms with Gasteiger partial charge >= 0.3 is 5.97 Å². The first kappa shape index (κ1) is 19.0. The minimum atomic E-state index is -1.05. The van der Waals surface area contributed by atoms with E-state index in [0.717, 1.165) is 0 Å². The molecule has 5 nitrogen and oxygen atoms in total. The molecule has 0 saturated carbocycles. The van der Waals surface area contributed by atoms with Crippen molar-refractivity contribution < 1.29 is 14.7 Å². The lowest BCUT2D eigenvalue weighted by atomic mass is 9.99. The van der Waals surface area contributed by atoms with Crippen molar-refractivity contribution in [3.63, 3.8) is 0 Å². The Bertz CT molecular complexity index is 450. The largest absolute Gasteiger partial charge is 0.478 e. The smallest absolute Gasteiger partial charge is 0.336 e. The topological polar surface area (TPSA) is 106 Å². The minimum absolute atomic E-state index is 0. The summed E-state index contributed by atoms with van der Waals surface area (Å²) in [5.41, 5.74) is 12.1. The summed E-state index contributed by atoms with van der Waals surface area (Å²) in [5, 5.41) is 8.86. The van der Waals surface area contributed by atoms with Gasteiger partial charge in [-0.15, -0.1) is 24.8 Å². The van der Waals surface area contributed by atoms with Crippen LogP contribution in [0.2, 0.25) is 0 Å². The van der Waals surface area contributed by atoms with Crippen LogP contribution < -0.4 is 11.5 Å². The van der Waals surface area contributed by atoms with Crippen LogP contribution in [-0.2, 0) is 0 Å². The summed E-state index contributed by atoms with van der Waals surface area (Å²) in [5.74, 6) is -1.22. The van der Waals surface area contributed by atoms with Gasteiger partial charge in [0, 0.05) is 17.7 Å². The number of Topliss-reactive ketones (excluding diaryl/α,β-unsaturated/α-hetero) is 1. The minimum Gasteiger partial charge on any atom is -0.478 e. The second-order valence-corrected chi connectivity index (χ2v) is 3.52. The maximum atomic E-state index is 11.6. The Hall–Kier alpha value is -1.30. The maximum absolute atomic E-state index is 11.6. The highest BCUT2D eigenvalue weighted by Crippen LogP contribution is 2.20. The zero-order valence-corrected chi connectivity index (χ0v) is 11.4. The van der Waals surface area contributed by atoms with Crippen LogP contribution in [0.4, 0.5) is 5.69 Å². The van der Waals surface area contributed by atoms with Crippen LogP contribution in [0, 0.1) is 6.92 Å². The Kier molecular flexibility index (Phi) is 8.38. The van der Waals surface area contributed by atoms with Crippen LogP contribution >= 0.6 is 24.8 Å². The van der Waals surface area contributed by atoms with Crippen molar-refractivity contribution >= 4 is 42.3 Å². The van der Waals surface area contributed by atoms with E-state index in [1.807, 2.05) is 0 Å². The van der Waals surface area contributed by atoms with Crippen LogP contribution in [0.15, 0.2) is 12.1 Å². The molecule has 5 N–H and O–H groups in total. The highest BCUT2D eigenvalue weighted by atomic mass is 35.5. The molecule has 0 spiro atoms. The van der Waals surface area contributed by atoms with Crippen molar-refractivity contribution in [2.75, 3.05) is 12.3 Å². The number of hydrogen-bond donors (Lipinski definition) is 3. The Labute approximate surface area is 117 Å². The average Bonchev–Trinajstić information content (AvgIpc) is 2.20. The van der Waals surface area contributed by atoms with Crippen molar-refractivity contribution in [2.45, 2.75) is 13.3 Å². The molecule has 7 heteroatoms. The van der Waals surface area contributed by atoms with Crippen LogP contribution in [0.1, 0.15) is 32.7 Å². The zero-order valence-electron chi connectivity index (χ0n) is 9.80. The molecule has 0 radical (unpaired) electrons. The number of carboxylic acids is 1. The lowest BCUT2D eigenvalue weighted by Gasteiger charge is -2.08. The summed E-state index contributed by atoms with van der Waals surface area (Å²) >= 11 is 0. The molecule has 0 aliphatic rings. The third-order valence-corrected chi connectivity index (χ3v) is 2.30. The second kappa shape index (κ2) is 7.92. The van der Waals surface area contributed by atoms with Crippen molar-refractivity contribution in [1.82, 2.24) is 0 Å². The molecule has 0 unspecified atom stereocenters. The first-order valence-electron chi connectivity index (χ1n) is 4.84. The second-order valence-electron chi connectivity index (χ2n) is 3.52. The molecule has 0 atom stereocenters. The number of rotatable bonds is 4. The molecule has 1 aromatic carbocycles. The summed E-state index contributed by atoms with van der Waals surface area (Å²) in [6.07, 6.45) is 0.204. The van der Waals surface area contributed by atoms with E-state index in [2.05, 4.69) is 0 Å². The first-order chi connectivity index (χ1) is 7.47. The maximum Gasteiger partial charge on any atom is 0.336 e. The third-order valence-electron chi connectivity index (χ3n) is 2.30. The van der Waals surface area contributed by atoms with Gasteiger partial charge in [-0.2, -0.15) is 0 Å². The Morgan fingerprint density at radius 2 is 1.78 bits per heavy atom. The van der Waals surface area contributed by atoms with E-state index in [4.69, 9.17) is 16.6 Å². The number of carbonyl (C=O) groups is 2. The van der Waals surface area contributed by atoms with Crippen molar-refractivity contribution in [3.8, 4) is 0 Å². The molecule has 0 aromatic heterocycles. The molecule has 1 rings (SSSR count). The fourth-order valence-corrected chi connectivity index (χ4v) is 1.46. The predicted octanol–water partition coefficient (Wildman–Crippen LogP) is 1.65. The number of nitrogens with two attached hydrogens (primary N) is 2. The van der Waals surface area contributed by atoms with E-state index in [0.29, 0.717) is 11.1 Å². The lowest BCUT2D eigenvalue weighted by molar-refractivity contribution is 0.0695. The molecule has 18 heavy (non-hydrogen) atoms. The van der Waals surface area contributed by atoms with Crippen LogP contribution in [0.5, 0.6) is 0 Å². The van der Waals surface area contributed by atoms with Crippen molar-refractivity contribution in [2.24, 2.45) is 5.73 Å². The molecule has 0 fully saturated rings. The molecule has 102 valence electrons. The number of carbonyl (C=O) groups excluding carboxylic acids is 1. The van der Waals surface area contributed by atoms with Gasteiger partial charge in [0.15, 0.2) is 5.78 Å². The summed E-state index contributed by atoms with van der Waals surface area (Å²) in [6.45, 7) is 1.88. The average molecular weight is 295 g/mol. The van der Waals surface area contributed by atoms with Crippen molar-refractivity contribution in [3.05, 3.63) is 28.8 Å². The summed E-state index contributed by atoms with van der Waals surface area (Å²) in [7, 11) is 0.